The van der Waals surface area contributed by atoms with E-state index in [0.717, 1.165) is 27.6 Å². The molecule has 1 saturated carbocycles. The van der Waals surface area contributed by atoms with Crippen LogP contribution in [0.15, 0.2) is 30.3 Å². The van der Waals surface area contributed by atoms with Crippen LogP contribution in [0, 0.1) is 25.7 Å². The molecule has 172 valence electrons. The maximum atomic E-state index is 13.6. The van der Waals surface area contributed by atoms with Gasteiger partial charge in [0.2, 0.25) is 0 Å². The number of hydrogen-bond donors (Lipinski definition) is 1. The Morgan fingerprint density at radius 3 is 2.85 bits per heavy atom. The fraction of sp³-hybridized carbons (Fsp3) is 0.417. The van der Waals surface area contributed by atoms with Crippen molar-refractivity contribution in [1.82, 2.24) is 25.0 Å². The summed E-state index contributed by atoms with van der Waals surface area (Å²) in [6, 6.07) is 9.29. The highest BCUT2D eigenvalue weighted by Gasteiger charge is 2.54. The number of benzene rings is 1. The monoisotopic (exact) mass is 483 g/mol. The quantitative estimate of drug-likeness (QED) is 0.570. The Labute approximate surface area is 201 Å². The minimum Gasteiger partial charge on any atom is -0.349 e. The number of aryl methyl sites for hydroxylation is 3. The summed E-state index contributed by atoms with van der Waals surface area (Å²) in [6.45, 7) is 7.51. The van der Waals surface area contributed by atoms with Gasteiger partial charge in [0, 0.05) is 24.7 Å². The normalized spacial score (nSPS) is 21.2. The van der Waals surface area contributed by atoms with Crippen LogP contribution in [0.4, 0.5) is 0 Å². The van der Waals surface area contributed by atoms with E-state index in [2.05, 4.69) is 15.4 Å². The van der Waals surface area contributed by atoms with Crippen LogP contribution in [0.3, 0.4) is 0 Å². The van der Waals surface area contributed by atoms with E-state index in [1.54, 1.807) is 10.7 Å². The van der Waals surface area contributed by atoms with E-state index >= 15 is 0 Å². The van der Waals surface area contributed by atoms with Crippen LogP contribution in [0.25, 0.3) is 10.4 Å². The molecule has 1 aliphatic heterocycles. The van der Waals surface area contributed by atoms with Gasteiger partial charge in [-0.05, 0) is 62.8 Å². The zero-order chi connectivity index (χ0) is 23.3. The van der Waals surface area contributed by atoms with Crippen molar-refractivity contribution in [3.63, 3.8) is 0 Å². The molecule has 0 radical (unpaired) electrons. The van der Waals surface area contributed by atoms with Crippen molar-refractivity contribution in [2.24, 2.45) is 11.8 Å². The van der Waals surface area contributed by atoms with Gasteiger partial charge in [0.25, 0.3) is 11.8 Å². The third kappa shape index (κ3) is 4.17. The second-order valence-electron chi connectivity index (χ2n) is 8.80. The first-order valence-corrected chi connectivity index (χ1v) is 12.4. The lowest BCUT2D eigenvalue weighted by Gasteiger charge is -2.27. The Morgan fingerprint density at radius 1 is 1.27 bits per heavy atom. The highest BCUT2D eigenvalue weighted by Crippen LogP contribution is 2.50. The summed E-state index contributed by atoms with van der Waals surface area (Å²) in [5.74, 6) is 0.711. The minimum atomic E-state index is -0.155. The molecule has 3 atom stereocenters. The van der Waals surface area contributed by atoms with Crippen molar-refractivity contribution in [1.29, 1.82) is 0 Å². The fourth-order valence-corrected chi connectivity index (χ4v) is 5.95. The van der Waals surface area contributed by atoms with E-state index in [9.17, 15) is 9.59 Å². The van der Waals surface area contributed by atoms with Crippen molar-refractivity contribution >= 4 is 34.8 Å². The molecule has 1 saturated heterocycles. The molecule has 1 aliphatic carbocycles. The second kappa shape index (κ2) is 8.57. The maximum absolute atomic E-state index is 13.6. The lowest BCUT2D eigenvalue weighted by atomic mass is 10.1. The molecule has 3 heterocycles. The first kappa shape index (κ1) is 22.1. The summed E-state index contributed by atoms with van der Waals surface area (Å²) in [7, 11) is 0. The van der Waals surface area contributed by atoms with Crippen LogP contribution in [0.2, 0.25) is 5.02 Å². The smallest absolute Gasteiger partial charge is 0.274 e. The first-order chi connectivity index (χ1) is 15.9. The number of halogens is 1. The van der Waals surface area contributed by atoms with Gasteiger partial charge in [-0.2, -0.15) is 5.10 Å². The van der Waals surface area contributed by atoms with E-state index in [1.165, 1.54) is 11.3 Å². The molecule has 5 rings (SSSR count). The number of aromatic nitrogens is 3. The molecular weight excluding hydrogens is 458 g/mol. The molecule has 9 heteroatoms. The summed E-state index contributed by atoms with van der Waals surface area (Å²) in [6.07, 6.45) is 1.10. The van der Waals surface area contributed by atoms with E-state index in [1.807, 2.05) is 49.9 Å². The molecule has 0 unspecified atom stereocenters. The number of nitrogens with zero attached hydrogens (tertiary/aromatic N) is 4. The SMILES string of the molecule is CCn1nc(C)cc1C(=O)NC[C@@H]1[C@H]2C[C@H]2CN1C(=O)c1nc(C)sc1-c1cccc(Cl)c1. The van der Waals surface area contributed by atoms with Crippen molar-refractivity contribution in [2.75, 3.05) is 13.1 Å². The lowest BCUT2D eigenvalue weighted by Crippen LogP contribution is -2.46. The number of carbonyl (C=O) groups is 2. The van der Waals surface area contributed by atoms with Gasteiger partial charge in [-0.25, -0.2) is 4.98 Å². The van der Waals surface area contributed by atoms with E-state index < -0.39 is 0 Å². The number of rotatable bonds is 6. The summed E-state index contributed by atoms with van der Waals surface area (Å²) in [5, 5.41) is 8.88. The van der Waals surface area contributed by atoms with Crippen LogP contribution >= 0.6 is 22.9 Å². The van der Waals surface area contributed by atoms with Crippen molar-refractivity contribution < 1.29 is 9.59 Å². The zero-order valence-electron chi connectivity index (χ0n) is 18.8. The molecule has 7 nitrogen and oxygen atoms in total. The number of thiazole rings is 1. The number of nitrogens with one attached hydrogen (secondary N) is 1. The number of piperidine rings is 1. The molecule has 0 bridgehead atoms. The number of carbonyl (C=O) groups excluding carboxylic acids is 2. The molecule has 2 fully saturated rings. The van der Waals surface area contributed by atoms with Gasteiger partial charge in [0.1, 0.15) is 11.4 Å². The maximum Gasteiger partial charge on any atom is 0.274 e. The molecule has 0 spiro atoms. The third-order valence-electron chi connectivity index (χ3n) is 6.49. The molecular formula is C24H26ClN5O2S. The molecule has 3 aromatic rings. The fourth-order valence-electron chi connectivity index (χ4n) is 4.86. The predicted octanol–water partition coefficient (Wildman–Crippen LogP) is 4.19. The summed E-state index contributed by atoms with van der Waals surface area (Å²) in [4.78, 5) is 33.8. The number of amides is 2. The Hall–Kier alpha value is -2.71. The van der Waals surface area contributed by atoms with E-state index in [0.29, 0.717) is 47.9 Å². The van der Waals surface area contributed by atoms with Gasteiger partial charge in [0.05, 0.1) is 21.6 Å². The Bertz CT molecular complexity index is 1240. The lowest BCUT2D eigenvalue weighted by molar-refractivity contribution is 0.0690. The van der Waals surface area contributed by atoms with Crippen LogP contribution < -0.4 is 5.32 Å². The highest BCUT2D eigenvalue weighted by molar-refractivity contribution is 7.15. The van der Waals surface area contributed by atoms with Crippen LogP contribution in [-0.4, -0.2) is 50.6 Å². The van der Waals surface area contributed by atoms with E-state index in [4.69, 9.17) is 11.6 Å². The van der Waals surface area contributed by atoms with E-state index in [-0.39, 0.29) is 17.9 Å². The molecule has 2 aromatic heterocycles. The van der Waals surface area contributed by atoms with Crippen LogP contribution in [0.1, 0.15) is 45.0 Å². The van der Waals surface area contributed by atoms with Gasteiger partial charge in [-0.3, -0.25) is 14.3 Å². The number of likely N-dealkylation sites (tertiary alicyclic amines) is 1. The summed E-state index contributed by atoms with van der Waals surface area (Å²) < 4.78 is 1.71. The van der Waals surface area contributed by atoms with Gasteiger partial charge in [0.15, 0.2) is 0 Å². The van der Waals surface area contributed by atoms with Gasteiger partial charge in [-0.1, -0.05) is 23.7 Å². The minimum absolute atomic E-state index is 0.0280. The van der Waals surface area contributed by atoms with Gasteiger partial charge < -0.3 is 10.2 Å². The average molecular weight is 484 g/mol. The average Bonchev–Trinajstić information content (AvgIpc) is 3.11. The van der Waals surface area contributed by atoms with Crippen LogP contribution in [-0.2, 0) is 6.54 Å². The number of fused-ring (bicyclic) bond motifs is 1. The number of hydrogen-bond acceptors (Lipinski definition) is 5. The largest absolute Gasteiger partial charge is 0.349 e. The highest BCUT2D eigenvalue weighted by atomic mass is 35.5. The topological polar surface area (TPSA) is 80.1 Å². The Kier molecular flexibility index (Phi) is 5.74. The molecule has 33 heavy (non-hydrogen) atoms. The summed E-state index contributed by atoms with van der Waals surface area (Å²) >= 11 is 7.70. The molecule has 1 N–H and O–H groups in total. The first-order valence-electron chi connectivity index (χ1n) is 11.2. The second-order valence-corrected chi connectivity index (χ2v) is 10.4. The van der Waals surface area contributed by atoms with Crippen LogP contribution in [0.5, 0.6) is 0 Å². The zero-order valence-corrected chi connectivity index (χ0v) is 20.4. The van der Waals surface area contributed by atoms with Crippen molar-refractivity contribution in [3.8, 4) is 10.4 Å². The van der Waals surface area contributed by atoms with Gasteiger partial charge >= 0.3 is 0 Å². The van der Waals surface area contributed by atoms with Crippen molar-refractivity contribution in [2.45, 2.75) is 39.8 Å². The Morgan fingerprint density at radius 2 is 2.09 bits per heavy atom. The molecule has 2 aliphatic rings. The molecule has 1 aromatic carbocycles. The molecule has 2 amide bonds. The van der Waals surface area contributed by atoms with Gasteiger partial charge in [-0.15, -0.1) is 11.3 Å². The third-order valence-corrected chi connectivity index (χ3v) is 7.75. The standard InChI is InChI=1S/C24H26ClN5O2S/c1-4-30-19(8-13(2)28-30)23(31)26-11-20-18-10-16(18)12-29(20)24(32)21-22(33-14(3)27-21)15-6-5-7-17(25)9-15/h5-9,16,18,20H,4,10-12H2,1-3H3,(H,26,31)/t16-,18-,20+/m0/s1. The summed E-state index contributed by atoms with van der Waals surface area (Å²) in [5.41, 5.74) is 2.73. The van der Waals surface area contributed by atoms with Crippen molar-refractivity contribution in [3.05, 3.63) is 57.4 Å². The predicted molar refractivity (Wildman–Crippen MR) is 129 cm³/mol. The Balaban J connectivity index is 1.36.